The predicted molar refractivity (Wildman–Crippen MR) is 161 cm³/mol. The third kappa shape index (κ3) is 8.30. The topological polar surface area (TPSA) is 98.7 Å². The number of carbonyl (C=O) groups excluding carboxylic acids is 2. The zero-order valence-corrected chi connectivity index (χ0v) is 26.0. The maximum atomic E-state index is 12.3. The fourth-order valence-electron chi connectivity index (χ4n) is 4.13. The minimum Gasteiger partial charge on any atom is -0.507 e. The minimum absolute atomic E-state index is 0.235. The number of benzene rings is 2. The van der Waals surface area contributed by atoms with Crippen LogP contribution in [0.25, 0.3) is 0 Å². The van der Waals surface area contributed by atoms with Crippen LogP contribution in [0.3, 0.4) is 0 Å². The third-order valence-corrected chi connectivity index (χ3v) is 6.38. The Labute approximate surface area is 239 Å². The van der Waals surface area contributed by atoms with E-state index >= 15 is 0 Å². The van der Waals surface area contributed by atoms with E-state index in [-0.39, 0.29) is 33.2 Å². The summed E-state index contributed by atoms with van der Waals surface area (Å²) >= 11 is 0. The van der Waals surface area contributed by atoms with E-state index in [2.05, 4.69) is 34.5 Å². The molecule has 4 N–H and O–H groups in total. The highest BCUT2D eigenvalue weighted by Crippen LogP contribution is 2.40. The van der Waals surface area contributed by atoms with Gasteiger partial charge >= 0.3 is 11.8 Å². The first-order valence-electron chi connectivity index (χ1n) is 13.4. The molecule has 6 nitrogen and oxygen atoms in total. The first-order chi connectivity index (χ1) is 18.0. The van der Waals surface area contributed by atoms with Gasteiger partial charge in [0, 0.05) is 45.2 Å². The molecule has 0 atom stereocenters. The number of amides is 2. The maximum absolute atomic E-state index is 12.3. The largest absolute Gasteiger partial charge is 0.507 e. The van der Waals surface area contributed by atoms with Gasteiger partial charge in [0.1, 0.15) is 11.5 Å². The zero-order chi connectivity index (χ0) is 30.8. The van der Waals surface area contributed by atoms with E-state index in [4.69, 9.17) is 0 Å². The second kappa shape index (κ2) is 11.3. The van der Waals surface area contributed by atoms with Gasteiger partial charge < -0.3 is 10.2 Å². The average Bonchev–Trinajstić information content (AvgIpc) is 2.78. The summed E-state index contributed by atoms with van der Waals surface area (Å²) in [5.74, 6) is 9.72. The van der Waals surface area contributed by atoms with Crippen LogP contribution < -0.4 is 10.9 Å². The highest BCUT2D eigenvalue weighted by molar-refractivity contribution is 5.99. The fraction of sp³-hybridized carbons (Fsp3) is 0.471. The average molecular weight is 545 g/mol. The summed E-state index contributed by atoms with van der Waals surface area (Å²) in [5.41, 5.74) is 7.38. The van der Waals surface area contributed by atoms with Crippen molar-refractivity contribution >= 4 is 11.8 Å². The Morgan fingerprint density at radius 2 is 0.750 bits per heavy atom. The van der Waals surface area contributed by atoms with Crippen LogP contribution in [0.5, 0.6) is 11.5 Å². The molecule has 2 amide bonds. The molecule has 0 unspecified atom stereocenters. The van der Waals surface area contributed by atoms with Gasteiger partial charge in [-0.1, -0.05) is 94.9 Å². The molecule has 214 valence electrons. The van der Waals surface area contributed by atoms with E-state index in [0.29, 0.717) is 11.1 Å². The van der Waals surface area contributed by atoms with Crippen LogP contribution in [0.4, 0.5) is 0 Å². The molecule has 0 aliphatic rings. The van der Waals surface area contributed by atoms with Crippen molar-refractivity contribution < 1.29 is 19.8 Å². The Kier molecular flexibility index (Phi) is 9.13. The summed E-state index contributed by atoms with van der Waals surface area (Å²) in [5, 5.41) is 21.7. The van der Waals surface area contributed by atoms with E-state index < -0.39 is 11.8 Å². The molecule has 0 aliphatic heterocycles. The van der Waals surface area contributed by atoms with Crippen molar-refractivity contribution in [3.05, 3.63) is 57.6 Å². The first-order valence-corrected chi connectivity index (χ1v) is 13.4. The summed E-state index contributed by atoms with van der Waals surface area (Å²) in [7, 11) is 0. The molecule has 0 bridgehead atoms. The molecule has 0 aliphatic carbocycles. The number of phenols is 2. The Balaban J connectivity index is 2.25. The van der Waals surface area contributed by atoms with Crippen molar-refractivity contribution in [2.45, 2.75) is 105 Å². The van der Waals surface area contributed by atoms with Crippen molar-refractivity contribution in [3.63, 3.8) is 0 Å². The normalized spacial score (nSPS) is 12.0. The van der Waals surface area contributed by atoms with Crippen LogP contribution in [0.2, 0.25) is 0 Å². The van der Waals surface area contributed by atoms with E-state index in [1.165, 1.54) is 0 Å². The standard InChI is InChI=1S/C34H44N2O4/c1-31(2,3)23-17-21(18-24(29(23)39)32(4,5)6)13-15-27(37)35-36-28(38)16-14-22-19-25(33(7,8)9)30(40)26(20-22)34(10,11)12/h17-20,39-40H,1-12H3,(H,35,37)(H,36,38). The number of hydrogen-bond acceptors (Lipinski definition) is 4. The van der Waals surface area contributed by atoms with Crippen LogP contribution in [0.15, 0.2) is 24.3 Å². The molecule has 2 aromatic rings. The maximum Gasteiger partial charge on any atom is 0.314 e. The molecular weight excluding hydrogens is 500 g/mol. The second-order valence-electron chi connectivity index (χ2n) is 14.2. The van der Waals surface area contributed by atoms with Crippen LogP contribution in [-0.4, -0.2) is 22.0 Å². The van der Waals surface area contributed by atoms with Gasteiger partial charge in [0.2, 0.25) is 0 Å². The molecule has 0 spiro atoms. The molecule has 2 rings (SSSR count). The Bertz CT molecular complexity index is 1250. The molecule has 0 saturated carbocycles. The van der Waals surface area contributed by atoms with Gasteiger partial charge in [-0.2, -0.15) is 0 Å². The van der Waals surface area contributed by atoms with Crippen molar-refractivity contribution in [3.8, 4) is 35.2 Å². The Hall–Kier alpha value is -3.90. The molecule has 0 radical (unpaired) electrons. The highest BCUT2D eigenvalue weighted by Gasteiger charge is 2.27. The Morgan fingerprint density at radius 3 is 0.950 bits per heavy atom. The molecule has 0 fully saturated rings. The number of hydrogen-bond donors (Lipinski definition) is 4. The molecule has 2 aromatic carbocycles. The van der Waals surface area contributed by atoms with Crippen LogP contribution in [0, 0.1) is 23.7 Å². The highest BCUT2D eigenvalue weighted by atomic mass is 16.3. The summed E-state index contributed by atoms with van der Waals surface area (Å²) in [4.78, 5) is 24.7. The Morgan fingerprint density at radius 1 is 0.525 bits per heavy atom. The van der Waals surface area contributed by atoms with Crippen LogP contribution in [-0.2, 0) is 31.2 Å². The first kappa shape index (κ1) is 32.3. The van der Waals surface area contributed by atoms with E-state index in [1.54, 1.807) is 24.3 Å². The lowest BCUT2D eigenvalue weighted by atomic mass is 9.78. The van der Waals surface area contributed by atoms with Gasteiger partial charge in [-0.05, 0) is 45.9 Å². The summed E-state index contributed by atoms with van der Waals surface area (Å²) in [6.07, 6.45) is 0. The van der Waals surface area contributed by atoms with Gasteiger partial charge in [0.15, 0.2) is 0 Å². The zero-order valence-electron chi connectivity index (χ0n) is 26.0. The van der Waals surface area contributed by atoms with Gasteiger partial charge in [-0.3, -0.25) is 20.4 Å². The third-order valence-electron chi connectivity index (χ3n) is 6.38. The molecule has 6 heteroatoms. The quantitative estimate of drug-likeness (QED) is 0.247. The minimum atomic E-state index is -0.701. The number of nitrogens with one attached hydrogen (secondary N) is 2. The molecule has 0 heterocycles. The second-order valence-corrected chi connectivity index (χ2v) is 14.2. The van der Waals surface area contributed by atoms with Gasteiger partial charge in [0.05, 0.1) is 0 Å². The van der Waals surface area contributed by atoms with Crippen molar-refractivity contribution in [2.24, 2.45) is 0 Å². The lowest BCUT2D eigenvalue weighted by Crippen LogP contribution is -2.40. The SMILES string of the molecule is CC(C)(C)c1cc(C#CC(=O)NNC(=O)C#Cc2cc(C(C)(C)C)c(O)c(C(C)(C)C)c2)cc(C(C)(C)C)c1O. The lowest BCUT2D eigenvalue weighted by Gasteiger charge is -2.27. The number of aromatic hydroxyl groups is 2. The van der Waals surface area contributed by atoms with Gasteiger partial charge in [-0.25, -0.2) is 0 Å². The molecule has 0 aromatic heterocycles. The fourth-order valence-corrected chi connectivity index (χ4v) is 4.13. The number of phenolic OH excluding ortho intramolecular Hbond substituents is 2. The van der Waals surface area contributed by atoms with E-state index in [9.17, 15) is 19.8 Å². The van der Waals surface area contributed by atoms with Crippen molar-refractivity contribution in [1.29, 1.82) is 0 Å². The lowest BCUT2D eigenvalue weighted by molar-refractivity contribution is -0.123. The van der Waals surface area contributed by atoms with Crippen molar-refractivity contribution in [1.82, 2.24) is 10.9 Å². The van der Waals surface area contributed by atoms with Gasteiger partial charge in [0.25, 0.3) is 0 Å². The predicted octanol–water partition coefficient (Wildman–Crippen LogP) is 5.84. The van der Waals surface area contributed by atoms with Crippen molar-refractivity contribution in [2.75, 3.05) is 0 Å². The summed E-state index contributed by atoms with van der Waals surface area (Å²) < 4.78 is 0. The van der Waals surface area contributed by atoms with E-state index in [1.807, 2.05) is 83.1 Å². The number of carbonyl (C=O) groups is 2. The smallest absolute Gasteiger partial charge is 0.314 e. The van der Waals surface area contributed by atoms with Crippen LogP contribution in [0.1, 0.15) is 116 Å². The van der Waals surface area contributed by atoms with Gasteiger partial charge in [-0.15, -0.1) is 0 Å². The number of rotatable bonds is 0. The molecular formula is C34H44N2O4. The monoisotopic (exact) mass is 544 g/mol. The number of hydrazine groups is 1. The molecule has 0 saturated heterocycles. The molecule has 40 heavy (non-hydrogen) atoms. The summed E-state index contributed by atoms with van der Waals surface area (Å²) in [6, 6.07) is 7.13. The summed E-state index contributed by atoms with van der Waals surface area (Å²) in [6.45, 7) is 24.0. The van der Waals surface area contributed by atoms with Crippen LogP contribution >= 0.6 is 0 Å². The van der Waals surface area contributed by atoms with E-state index in [0.717, 1.165) is 22.3 Å².